The fraction of sp³-hybridized carbons (Fsp3) is 0.304. The van der Waals surface area contributed by atoms with Crippen molar-refractivity contribution in [2.45, 2.75) is 47.1 Å². The molecule has 0 atom stereocenters. The first-order valence-electron chi connectivity index (χ1n) is 9.87. The monoisotopic (exact) mass is 387 g/mol. The number of pyridine rings is 1. The summed E-state index contributed by atoms with van der Waals surface area (Å²) < 4.78 is 1.87. The van der Waals surface area contributed by atoms with Crippen molar-refractivity contribution in [2.24, 2.45) is 0 Å². The van der Waals surface area contributed by atoms with Crippen LogP contribution >= 0.6 is 0 Å². The van der Waals surface area contributed by atoms with Crippen molar-refractivity contribution < 1.29 is 4.79 Å². The number of hydrogen-bond donors (Lipinski definition) is 1. The Labute approximate surface area is 170 Å². The zero-order valence-corrected chi connectivity index (χ0v) is 17.3. The van der Waals surface area contributed by atoms with Gasteiger partial charge in [0.2, 0.25) is 5.91 Å². The van der Waals surface area contributed by atoms with Crippen molar-refractivity contribution in [1.82, 2.24) is 24.9 Å². The van der Waals surface area contributed by atoms with Gasteiger partial charge in [0.1, 0.15) is 0 Å². The van der Waals surface area contributed by atoms with E-state index in [0.29, 0.717) is 19.4 Å². The molecule has 0 aliphatic heterocycles. The second kappa shape index (κ2) is 7.62. The van der Waals surface area contributed by atoms with E-state index >= 15 is 0 Å². The maximum absolute atomic E-state index is 12.3. The molecule has 3 aromatic heterocycles. The minimum atomic E-state index is 0.0338. The van der Waals surface area contributed by atoms with Gasteiger partial charge in [-0.3, -0.25) is 4.79 Å². The first-order chi connectivity index (χ1) is 13.9. The first-order valence-corrected chi connectivity index (χ1v) is 9.87. The van der Waals surface area contributed by atoms with Crippen LogP contribution in [0, 0.1) is 27.7 Å². The van der Waals surface area contributed by atoms with Crippen LogP contribution in [-0.2, 0) is 17.8 Å². The third kappa shape index (κ3) is 3.70. The predicted molar refractivity (Wildman–Crippen MR) is 114 cm³/mol. The molecule has 0 unspecified atom stereocenters. The Kier molecular flexibility index (Phi) is 5.01. The Balaban J connectivity index is 1.57. The van der Waals surface area contributed by atoms with Crippen LogP contribution < -0.4 is 5.32 Å². The number of hydrogen-bond acceptors (Lipinski definition) is 4. The van der Waals surface area contributed by atoms with Crippen LogP contribution in [0.15, 0.2) is 36.4 Å². The van der Waals surface area contributed by atoms with Gasteiger partial charge in [0.05, 0.1) is 5.39 Å². The van der Waals surface area contributed by atoms with Crippen molar-refractivity contribution >= 4 is 22.6 Å². The summed E-state index contributed by atoms with van der Waals surface area (Å²) in [6.07, 6.45) is 1.04. The highest BCUT2D eigenvalue weighted by Gasteiger charge is 2.17. The number of carbonyl (C=O) groups excluding carboxylic acids is 1. The molecular formula is C23H25N5O. The highest BCUT2D eigenvalue weighted by Crippen LogP contribution is 2.25. The van der Waals surface area contributed by atoms with Gasteiger partial charge < -0.3 is 5.32 Å². The molecule has 0 saturated carbocycles. The molecule has 0 spiro atoms. The lowest BCUT2D eigenvalue weighted by Gasteiger charge is -2.11. The molecule has 0 bridgehead atoms. The Hall–Kier alpha value is -3.28. The van der Waals surface area contributed by atoms with Gasteiger partial charge in [-0.2, -0.15) is 0 Å². The molecule has 0 radical (unpaired) electrons. The molecule has 4 aromatic rings. The summed E-state index contributed by atoms with van der Waals surface area (Å²) in [7, 11) is 0. The molecule has 1 N–H and O–H groups in total. The molecule has 3 heterocycles. The van der Waals surface area contributed by atoms with Crippen LogP contribution in [0.4, 0.5) is 0 Å². The number of aromatic nitrogens is 4. The molecule has 29 heavy (non-hydrogen) atoms. The fourth-order valence-electron chi connectivity index (χ4n) is 3.85. The summed E-state index contributed by atoms with van der Waals surface area (Å²) in [5.41, 5.74) is 7.73. The molecule has 148 valence electrons. The second-order valence-corrected chi connectivity index (χ2v) is 7.54. The maximum Gasteiger partial charge on any atom is 0.220 e. The number of carbonyl (C=O) groups is 1. The summed E-state index contributed by atoms with van der Waals surface area (Å²) in [6, 6.07) is 12.0. The zero-order valence-electron chi connectivity index (χ0n) is 17.3. The van der Waals surface area contributed by atoms with Gasteiger partial charge in [-0.05, 0) is 56.9 Å². The van der Waals surface area contributed by atoms with E-state index < -0.39 is 0 Å². The second-order valence-electron chi connectivity index (χ2n) is 7.54. The summed E-state index contributed by atoms with van der Waals surface area (Å²) in [6.45, 7) is 8.62. The van der Waals surface area contributed by atoms with Crippen LogP contribution in [0.2, 0.25) is 0 Å². The van der Waals surface area contributed by atoms with E-state index in [0.717, 1.165) is 50.5 Å². The number of benzene rings is 1. The fourth-order valence-corrected chi connectivity index (χ4v) is 3.85. The third-order valence-electron chi connectivity index (χ3n) is 5.34. The van der Waals surface area contributed by atoms with E-state index in [1.165, 1.54) is 0 Å². The molecule has 0 aliphatic carbocycles. The molecular weight excluding hydrogens is 362 g/mol. The van der Waals surface area contributed by atoms with Crippen LogP contribution in [0.3, 0.4) is 0 Å². The Bertz CT molecular complexity index is 1210. The number of aryl methyl sites for hydroxylation is 4. The minimum Gasteiger partial charge on any atom is -0.352 e. The van der Waals surface area contributed by atoms with Gasteiger partial charge >= 0.3 is 0 Å². The summed E-state index contributed by atoms with van der Waals surface area (Å²) in [5.74, 6) is 0.0338. The molecule has 0 saturated heterocycles. The minimum absolute atomic E-state index is 0.0338. The average Bonchev–Trinajstić information content (AvgIpc) is 3.05. The van der Waals surface area contributed by atoms with E-state index in [1.54, 1.807) is 0 Å². The van der Waals surface area contributed by atoms with Crippen LogP contribution in [0.1, 0.15) is 40.2 Å². The molecule has 0 aliphatic rings. The van der Waals surface area contributed by atoms with Crippen molar-refractivity contribution in [2.75, 3.05) is 0 Å². The van der Waals surface area contributed by atoms with Crippen molar-refractivity contribution in [3.8, 4) is 0 Å². The van der Waals surface area contributed by atoms with Gasteiger partial charge in [-0.15, -0.1) is 5.10 Å². The topological polar surface area (TPSA) is 72.2 Å². The van der Waals surface area contributed by atoms with Gasteiger partial charge in [0.15, 0.2) is 11.3 Å². The van der Waals surface area contributed by atoms with E-state index in [4.69, 9.17) is 4.98 Å². The van der Waals surface area contributed by atoms with Crippen LogP contribution in [-0.4, -0.2) is 25.5 Å². The van der Waals surface area contributed by atoms with Crippen molar-refractivity contribution in [1.29, 1.82) is 0 Å². The Morgan fingerprint density at radius 1 is 1.07 bits per heavy atom. The summed E-state index contributed by atoms with van der Waals surface area (Å²) in [4.78, 5) is 21.7. The third-order valence-corrected chi connectivity index (χ3v) is 5.34. The Morgan fingerprint density at radius 2 is 1.83 bits per heavy atom. The lowest BCUT2D eigenvalue weighted by atomic mass is 10.1. The lowest BCUT2D eigenvalue weighted by molar-refractivity contribution is -0.121. The summed E-state index contributed by atoms with van der Waals surface area (Å²) >= 11 is 0. The van der Waals surface area contributed by atoms with Gasteiger partial charge in [0, 0.05) is 30.0 Å². The van der Waals surface area contributed by atoms with Crippen molar-refractivity contribution in [3.05, 3.63) is 70.2 Å². The standard InChI is InChI=1S/C23H25N5O/c1-14-12-15(2)25-22-21(14)23-26-16(3)19(17(4)28(23)27-22)10-11-20(29)24-13-18-8-6-5-7-9-18/h5-9,12H,10-11,13H2,1-4H3,(H,24,29). The molecule has 0 fully saturated rings. The van der Waals surface area contributed by atoms with Gasteiger partial charge in [-0.1, -0.05) is 30.3 Å². The number of nitrogens with zero attached hydrogens (tertiary/aromatic N) is 4. The SMILES string of the molecule is Cc1cc(C)c2c(n1)nn1c(C)c(CCC(=O)NCc3ccccc3)c(C)nc21. The van der Waals surface area contributed by atoms with Gasteiger partial charge in [-0.25, -0.2) is 14.5 Å². The van der Waals surface area contributed by atoms with Crippen molar-refractivity contribution in [3.63, 3.8) is 0 Å². The van der Waals surface area contributed by atoms with E-state index in [9.17, 15) is 4.79 Å². The number of rotatable bonds is 5. The largest absolute Gasteiger partial charge is 0.352 e. The quantitative estimate of drug-likeness (QED) is 0.566. The van der Waals surface area contributed by atoms with Crippen LogP contribution in [0.5, 0.6) is 0 Å². The van der Waals surface area contributed by atoms with E-state index in [1.807, 2.05) is 55.6 Å². The van der Waals surface area contributed by atoms with E-state index in [2.05, 4.69) is 28.4 Å². The average molecular weight is 387 g/mol. The predicted octanol–water partition coefficient (Wildman–Crippen LogP) is 3.76. The maximum atomic E-state index is 12.3. The van der Waals surface area contributed by atoms with Gasteiger partial charge in [0.25, 0.3) is 0 Å². The number of amides is 1. The molecule has 6 heteroatoms. The normalized spacial score (nSPS) is 11.3. The summed E-state index contributed by atoms with van der Waals surface area (Å²) in [5, 5.41) is 8.67. The molecule has 1 aromatic carbocycles. The Morgan fingerprint density at radius 3 is 2.59 bits per heavy atom. The number of nitrogens with one attached hydrogen (secondary N) is 1. The zero-order chi connectivity index (χ0) is 20.5. The molecule has 4 rings (SSSR count). The first kappa shape index (κ1) is 19.1. The lowest BCUT2D eigenvalue weighted by Crippen LogP contribution is -2.23. The molecule has 6 nitrogen and oxygen atoms in total. The highest BCUT2D eigenvalue weighted by molar-refractivity contribution is 5.93. The number of fused-ring (bicyclic) bond motifs is 3. The highest BCUT2D eigenvalue weighted by atomic mass is 16.1. The van der Waals surface area contributed by atoms with E-state index in [-0.39, 0.29) is 5.91 Å². The van der Waals surface area contributed by atoms with Crippen LogP contribution in [0.25, 0.3) is 16.7 Å². The molecule has 1 amide bonds. The smallest absolute Gasteiger partial charge is 0.220 e.